The highest BCUT2D eigenvalue weighted by Gasteiger charge is 2.21. The summed E-state index contributed by atoms with van der Waals surface area (Å²) >= 11 is 0. The van der Waals surface area contributed by atoms with Crippen molar-refractivity contribution >= 4 is 5.91 Å². The van der Waals surface area contributed by atoms with Crippen molar-refractivity contribution < 1.29 is 23.7 Å². The summed E-state index contributed by atoms with van der Waals surface area (Å²) in [4.78, 5) is 13.1. The maximum atomic E-state index is 13.1. The molecular weight excluding hydrogens is 370 g/mol. The van der Waals surface area contributed by atoms with Gasteiger partial charge in [-0.2, -0.15) is 0 Å². The van der Waals surface area contributed by atoms with E-state index in [0.717, 1.165) is 41.9 Å². The zero-order chi connectivity index (χ0) is 20.8. The summed E-state index contributed by atoms with van der Waals surface area (Å²) in [5, 5.41) is 3.17. The number of hydrogen-bond donors (Lipinski definition) is 1. The fourth-order valence-electron chi connectivity index (χ4n) is 3.47. The molecule has 0 aromatic heterocycles. The molecule has 3 rings (SSSR count). The van der Waals surface area contributed by atoms with E-state index >= 15 is 0 Å². The molecule has 2 aromatic rings. The van der Waals surface area contributed by atoms with Crippen molar-refractivity contribution in [2.45, 2.75) is 39.2 Å². The Balaban J connectivity index is 1.86. The number of benzene rings is 2. The van der Waals surface area contributed by atoms with E-state index in [1.165, 1.54) is 0 Å². The van der Waals surface area contributed by atoms with Gasteiger partial charge < -0.3 is 24.3 Å². The number of ether oxygens (including phenoxy) is 4. The molecule has 0 aliphatic carbocycles. The van der Waals surface area contributed by atoms with Crippen molar-refractivity contribution in [1.82, 2.24) is 5.32 Å². The van der Waals surface area contributed by atoms with Gasteiger partial charge in [-0.25, -0.2) is 0 Å². The van der Waals surface area contributed by atoms with Gasteiger partial charge in [-0.05, 0) is 48.7 Å². The average Bonchev–Trinajstić information content (AvgIpc) is 2.97. The lowest BCUT2D eigenvalue weighted by Gasteiger charge is -2.21. The number of methoxy groups -OCH3 is 2. The van der Waals surface area contributed by atoms with E-state index in [0.29, 0.717) is 30.3 Å². The molecule has 0 fully saturated rings. The minimum atomic E-state index is -0.144. The van der Waals surface area contributed by atoms with E-state index in [1.807, 2.05) is 31.2 Å². The molecule has 1 N–H and O–H groups in total. The van der Waals surface area contributed by atoms with Crippen LogP contribution in [0.1, 0.15) is 53.7 Å². The average molecular weight is 399 g/mol. The third kappa shape index (κ3) is 4.75. The molecule has 6 heteroatoms. The first kappa shape index (κ1) is 20.8. The molecule has 1 amide bonds. The molecule has 0 radical (unpaired) electrons. The Kier molecular flexibility index (Phi) is 6.86. The molecule has 0 saturated heterocycles. The van der Waals surface area contributed by atoms with E-state index in [9.17, 15) is 4.79 Å². The van der Waals surface area contributed by atoms with Crippen molar-refractivity contribution in [2.75, 3.05) is 27.4 Å². The SMILES string of the molecule is CCCC(NC(=O)c1cc(OC)c(OC)cc1C)c1ccc2c(c1)OCCCO2. The molecule has 1 atom stereocenters. The second-order valence-corrected chi connectivity index (χ2v) is 7.09. The predicted octanol–water partition coefficient (Wildman–Crippen LogP) is 4.44. The molecule has 1 heterocycles. The molecule has 1 aliphatic rings. The normalized spacial score (nSPS) is 13.9. The summed E-state index contributed by atoms with van der Waals surface area (Å²) in [6, 6.07) is 9.30. The Bertz CT molecular complexity index is 865. The molecule has 29 heavy (non-hydrogen) atoms. The van der Waals surface area contributed by atoms with E-state index in [-0.39, 0.29) is 11.9 Å². The highest BCUT2D eigenvalue weighted by atomic mass is 16.5. The lowest BCUT2D eigenvalue weighted by atomic mass is 10.00. The van der Waals surface area contributed by atoms with Crippen molar-refractivity contribution in [1.29, 1.82) is 0 Å². The third-order valence-corrected chi connectivity index (χ3v) is 5.03. The summed E-state index contributed by atoms with van der Waals surface area (Å²) in [5.74, 6) is 2.48. The summed E-state index contributed by atoms with van der Waals surface area (Å²) in [5.41, 5.74) is 2.40. The van der Waals surface area contributed by atoms with Gasteiger partial charge in [0.2, 0.25) is 0 Å². The van der Waals surface area contributed by atoms with Crippen LogP contribution in [0, 0.1) is 6.92 Å². The summed E-state index contributed by atoms with van der Waals surface area (Å²) in [6.45, 7) is 5.27. The Morgan fingerprint density at radius 1 is 1.07 bits per heavy atom. The van der Waals surface area contributed by atoms with Gasteiger partial charge in [0.05, 0.1) is 33.5 Å². The maximum Gasteiger partial charge on any atom is 0.252 e. The van der Waals surface area contributed by atoms with Crippen LogP contribution in [0.4, 0.5) is 0 Å². The number of nitrogens with one attached hydrogen (secondary N) is 1. The van der Waals surface area contributed by atoms with Crippen molar-refractivity contribution in [3.63, 3.8) is 0 Å². The Morgan fingerprint density at radius 3 is 2.45 bits per heavy atom. The molecule has 6 nitrogen and oxygen atoms in total. The largest absolute Gasteiger partial charge is 0.493 e. The fraction of sp³-hybridized carbons (Fsp3) is 0.435. The standard InChI is InChI=1S/C23H29NO5/c1-5-7-18(16-8-9-19-22(13-16)29-11-6-10-28-19)24-23(25)17-14-21(27-4)20(26-3)12-15(17)2/h8-9,12-14,18H,5-7,10-11H2,1-4H3,(H,24,25). The number of rotatable bonds is 7. The van der Waals surface area contributed by atoms with Crippen LogP contribution >= 0.6 is 0 Å². The topological polar surface area (TPSA) is 66.0 Å². The summed E-state index contributed by atoms with van der Waals surface area (Å²) in [7, 11) is 3.14. The number of aryl methyl sites for hydroxylation is 1. The van der Waals surface area contributed by atoms with Crippen LogP contribution in [0.2, 0.25) is 0 Å². The molecular formula is C23H29NO5. The Morgan fingerprint density at radius 2 is 1.76 bits per heavy atom. The predicted molar refractivity (Wildman–Crippen MR) is 111 cm³/mol. The highest BCUT2D eigenvalue weighted by Crippen LogP contribution is 2.34. The minimum absolute atomic E-state index is 0.128. The maximum absolute atomic E-state index is 13.1. The number of carbonyl (C=O) groups is 1. The van der Waals surface area contributed by atoms with Gasteiger partial charge in [-0.1, -0.05) is 19.4 Å². The summed E-state index contributed by atoms with van der Waals surface area (Å²) < 4.78 is 22.2. The first-order chi connectivity index (χ1) is 14.1. The van der Waals surface area contributed by atoms with E-state index in [4.69, 9.17) is 18.9 Å². The van der Waals surface area contributed by atoms with Crippen LogP contribution < -0.4 is 24.3 Å². The number of fused-ring (bicyclic) bond motifs is 1. The second-order valence-electron chi connectivity index (χ2n) is 7.09. The molecule has 0 bridgehead atoms. The summed E-state index contributed by atoms with van der Waals surface area (Å²) in [6.07, 6.45) is 2.61. The van der Waals surface area contributed by atoms with Crippen LogP contribution in [0.3, 0.4) is 0 Å². The zero-order valence-electron chi connectivity index (χ0n) is 17.5. The fourth-order valence-corrected chi connectivity index (χ4v) is 3.47. The third-order valence-electron chi connectivity index (χ3n) is 5.03. The van der Waals surface area contributed by atoms with Crippen molar-refractivity contribution in [2.24, 2.45) is 0 Å². The van der Waals surface area contributed by atoms with Gasteiger partial charge in [-0.3, -0.25) is 4.79 Å². The monoisotopic (exact) mass is 399 g/mol. The lowest BCUT2D eigenvalue weighted by molar-refractivity contribution is 0.0933. The van der Waals surface area contributed by atoms with Crippen molar-refractivity contribution in [3.05, 3.63) is 47.0 Å². The first-order valence-electron chi connectivity index (χ1n) is 10.00. The van der Waals surface area contributed by atoms with Crippen LogP contribution in [0.25, 0.3) is 0 Å². The van der Waals surface area contributed by atoms with Crippen molar-refractivity contribution in [3.8, 4) is 23.0 Å². The second kappa shape index (κ2) is 9.54. The Labute approximate surface area is 172 Å². The van der Waals surface area contributed by atoms with Gasteiger partial charge in [0, 0.05) is 12.0 Å². The van der Waals surface area contributed by atoms with Crippen LogP contribution in [-0.4, -0.2) is 33.3 Å². The number of amides is 1. The van der Waals surface area contributed by atoms with Crippen LogP contribution in [0.15, 0.2) is 30.3 Å². The molecule has 156 valence electrons. The minimum Gasteiger partial charge on any atom is -0.493 e. The molecule has 0 saturated carbocycles. The number of hydrogen-bond acceptors (Lipinski definition) is 5. The highest BCUT2D eigenvalue weighted by molar-refractivity contribution is 5.96. The molecule has 2 aromatic carbocycles. The molecule has 1 aliphatic heterocycles. The lowest BCUT2D eigenvalue weighted by Crippen LogP contribution is -2.29. The van der Waals surface area contributed by atoms with Crippen LogP contribution in [-0.2, 0) is 0 Å². The van der Waals surface area contributed by atoms with E-state index in [1.54, 1.807) is 20.3 Å². The Hall–Kier alpha value is -2.89. The smallest absolute Gasteiger partial charge is 0.252 e. The molecule has 1 unspecified atom stereocenters. The van der Waals surface area contributed by atoms with E-state index < -0.39 is 0 Å². The van der Waals surface area contributed by atoms with Gasteiger partial charge >= 0.3 is 0 Å². The van der Waals surface area contributed by atoms with Gasteiger partial charge in [0.15, 0.2) is 23.0 Å². The van der Waals surface area contributed by atoms with Gasteiger partial charge in [0.1, 0.15) is 0 Å². The first-order valence-corrected chi connectivity index (χ1v) is 10.00. The quantitative estimate of drug-likeness (QED) is 0.745. The molecule has 0 spiro atoms. The van der Waals surface area contributed by atoms with Crippen LogP contribution in [0.5, 0.6) is 23.0 Å². The van der Waals surface area contributed by atoms with E-state index in [2.05, 4.69) is 12.2 Å². The van der Waals surface area contributed by atoms with Gasteiger partial charge in [0.25, 0.3) is 5.91 Å². The number of carbonyl (C=O) groups excluding carboxylic acids is 1. The van der Waals surface area contributed by atoms with Gasteiger partial charge in [-0.15, -0.1) is 0 Å². The zero-order valence-corrected chi connectivity index (χ0v) is 17.5.